The van der Waals surface area contributed by atoms with Gasteiger partial charge in [0.25, 0.3) is 5.72 Å². The second-order valence-corrected chi connectivity index (χ2v) is 5.53. The molecule has 7 nitrogen and oxygen atoms in total. The fourth-order valence-corrected chi connectivity index (χ4v) is 3.12. The highest BCUT2D eigenvalue weighted by Gasteiger charge is 2.71. The number of nitriles is 1. The van der Waals surface area contributed by atoms with Gasteiger partial charge in [-0.1, -0.05) is 0 Å². The van der Waals surface area contributed by atoms with Gasteiger partial charge < -0.3 is 19.2 Å². The standard InChI is InChI=1S/C16H17F3N2O5/c1-3-24-14(23)12-11(10-6-5-7-25-10)9(8-20)13(22)21-15(12,26-4-2)16(17,18)19/h5-7,9,11-12H,3-4H2,1-2H3,(H,21,22). The van der Waals surface area contributed by atoms with Crippen molar-refractivity contribution in [2.75, 3.05) is 13.2 Å². The molecule has 0 spiro atoms. The van der Waals surface area contributed by atoms with E-state index in [1.54, 1.807) is 11.4 Å². The largest absolute Gasteiger partial charge is 0.469 e. The number of rotatable bonds is 5. The third-order valence-corrected chi connectivity index (χ3v) is 4.09. The summed E-state index contributed by atoms with van der Waals surface area (Å²) in [5.41, 5.74) is -3.34. The van der Waals surface area contributed by atoms with Crippen LogP contribution in [0.4, 0.5) is 13.2 Å². The van der Waals surface area contributed by atoms with E-state index < -0.39 is 48.1 Å². The minimum Gasteiger partial charge on any atom is -0.469 e. The maximum Gasteiger partial charge on any atom is 0.437 e. The summed E-state index contributed by atoms with van der Waals surface area (Å²) in [7, 11) is 0. The molecule has 4 atom stereocenters. The number of halogens is 3. The Bertz CT molecular complexity index is 698. The number of ether oxygens (including phenoxy) is 2. The van der Waals surface area contributed by atoms with Gasteiger partial charge in [0.15, 0.2) is 0 Å². The van der Waals surface area contributed by atoms with Crippen LogP contribution in [0, 0.1) is 23.2 Å². The van der Waals surface area contributed by atoms with E-state index in [4.69, 9.17) is 13.9 Å². The van der Waals surface area contributed by atoms with Crippen molar-refractivity contribution >= 4 is 11.9 Å². The van der Waals surface area contributed by atoms with E-state index in [1.807, 2.05) is 0 Å². The Labute approximate surface area is 147 Å². The topological polar surface area (TPSA) is 102 Å². The first-order valence-electron chi connectivity index (χ1n) is 7.85. The lowest BCUT2D eigenvalue weighted by Crippen LogP contribution is -2.72. The fourth-order valence-electron chi connectivity index (χ4n) is 3.12. The maximum atomic E-state index is 14.0. The Morgan fingerprint density at radius 3 is 2.58 bits per heavy atom. The number of nitrogens with zero attached hydrogens (tertiary/aromatic N) is 1. The summed E-state index contributed by atoms with van der Waals surface area (Å²) in [6.45, 7) is 2.09. The van der Waals surface area contributed by atoms with Crippen LogP contribution in [0.2, 0.25) is 0 Å². The van der Waals surface area contributed by atoms with Crippen molar-refractivity contribution in [3.05, 3.63) is 24.2 Å². The number of piperidine rings is 1. The normalized spacial score (nSPS) is 28.9. The minimum atomic E-state index is -5.15. The van der Waals surface area contributed by atoms with E-state index >= 15 is 0 Å². The zero-order valence-electron chi connectivity index (χ0n) is 14.0. The van der Waals surface area contributed by atoms with E-state index in [9.17, 15) is 28.0 Å². The van der Waals surface area contributed by atoms with Crippen LogP contribution in [0.1, 0.15) is 25.5 Å². The van der Waals surface area contributed by atoms with Crippen molar-refractivity contribution in [2.24, 2.45) is 11.8 Å². The third kappa shape index (κ3) is 3.14. The molecular weight excluding hydrogens is 357 g/mol. The molecule has 1 aromatic heterocycles. The Morgan fingerprint density at radius 2 is 2.12 bits per heavy atom. The molecule has 4 unspecified atom stereocenters. The second kappa shape index (κ2) is 7.37. The number of hydrogen-bond acceptors (Lipinski definition) is 6. The summed E-state index contributed by atoms with van der Waals surface area (Å²) < 4.78 is 56.8. The SMILES string of the molecule is CCOC(=O)C1C(c2ccco2)C(C#N)C(=O)NC1(OCC)C(F)(F)F. The molecule has 10 heteroatoms. The summed E-state index contributed by atoms with van der Waals surface area (Å²) in [5.74, 6) is -7.75. The molecule has 1 aliphatic rings. The van der Waals surface area contributed by atoms with Crippen molar-refractivity contribution in [2.45, 2.75) is 31.7 Å². The highest BCUT2D eigenvalue weighted by Crippen LogP contribution is 2.50. The molecule has 0 aromatic carbocycles. The molecule has 2 heterocycles. The third-order valence-electron chi connectivity index (χ3n) is 4.09. The van der Waals surface area contributed by atoms with Gasteiger partial charge in [0.05, 0.1) is 24.9 Å². The zero-order valence-corrected chi connectivity index (χ0v) is 14.0. The Kier molecular flexibility index (Phi) is 5.61. The predicted octanol–water partition coefficient (Wildman–Crippen LogP) is 2.11. The molecular formula is C16H17F3N2O5. The summed E-state index contributed by atoms with van der Waals surface area (Å²) in [6, 6.07) is 4.33. The number of carbonyl (C=O) groups excluding carboxylic acids is 2. The van der Waals surface area contributed by atoms with Gasteiger partial charge in [-0.15, -0.1) is 0 Å². The smallest absolute Gasteiger partial charge is 0.437 e. The Morgan fingerprint density at radius 1 is 1.42 bits per heavy atom. The molecule has 0 bridgehead atoms. The van der Waals surface area contributed by atoms with E-state index in [0.29, 0.717) is 0 Å². The molecule has 1 saturated heterocycles. The van der Waals surface area contributed by atoms with Gasteiger partial charge in [0.1, 0.15) is 17.6 Å². The van der Waals surface area contributed by atoms with E-state index in [0.717, 1.165) is 0 Å². The number of alkyl halides is 3. The van der Waals surface area contributed by atoms with Crippen molar-refractivity contribution in [1.82, 2.24) is 5.32 Å². The summed E-state index contributed by atoms with van der Waals surface area (Å²) in [5, 5.41) is 11.0. The first kappa shape index (κ1) is 19.8. The molecule has 2 rings (SSSR count). The molecule has 142 valence electrons. The van der Waals surface area contributed by atoms with Gasteiger partial charge >= 0.3 is 12.1 Å². The van der Waals surface area contributed by atoms with Gasteiger partial charge in [0.2, 0.25) is 5.91 Å². The molecule has 0 saturated carbocycles. The van der Waals surface area contributed by atoms with Gasteiger partial charge in [-0.2, -0.15) is 18.4 Å². The lowest BCUT2D eigenvalue weighted by molar-refractivity contribution is -0.314. The first-order chi connectivity index (χ1) is 12.2. The van der Waals surface area contributed by atoms with E-state index in [1.165, 1.54) is 32.2 Å². The van der Waals surface area contributed by atoms with Crippen LogP contribution in [0.5, 0.6) is 0 Å². The molecule has 1 N–H and O–H groups in total. The minimum absolute atomic E-state index is 0.113. The van der Waals surface area contributed by atoms with Crippen LogP contribution < -0.4 is 5.32 Å². The highest BCUT2D eigenvalue weighted by molar-refractivity contribution is 5.88. The van der Waals surface area contributed by atoms with Crippen LogP contribution in [0.25, 0.3) is 0 Å². The van der Waals surface area contributed by atoms with Crippen molar-refractivity contribution < 1.29 is 36.7 Å². The first-order valence-corrected chi connectivity index (χ1v) is 7.85. The second-order valence-electron chi connectivity index (χ2n) is 5.53. The van der Waals surface area contributed by atoms with Gasteiger partial charge in [-0.25, -0.2) is 0 Å². The van der Waals surface area contributed by atoms with Crippen LogP contribution >= 0.6 is 0 Å². The van der Waals surface area contributed by atoms with Crippen molar-refractivity contribution in [1.29, 1.82) is 5.26 Å². The average Bonchev–Trinajstić information content (AvgIpc) is 3.07. The number of esters is 1. The molecule has 1 amide bonds. The van der Waals surface area contributed by atoms with Crippen molar-refractivity contribution in [3.63, 3.8) is 0 Å². The van der Waals surface area contributed by atoms with Gasteiger partial charge in [0, 0.05) is 6.61 Å². The molecule has 1 aliphatic heterocycles. The summed E-state index contributed by atoms with van der Waals surface area (Å²) in [6.07, 6.45) is -3.98. The number of nitrogens with one attached hydrogen (secondary N) is 1. The van der Waals surface area contributed by atoms with Crippen LogP contribution in [0.15, 0.2) is 22.8 Å². The zero-order chi connectivity index (χ0) is 19.5. The quantitative estimate of drug-likeness (QED) is 0.792. The van der Waals surface area contributed by atoms with Crippen LogP contribution in [0.3, 0.4) is 0 Å². The Balaban J connectivity index is 2.72. The summed E-state index contributed by atoms with van der Waals surface area (Å²) in [4.78, 5) is 24.8. The van der Waals surface area contributed by atoms with Gasteiger partial charge in [-0.3, -0.25) is 9.59 Å². The average molecular weight is 374 g/mol. The predicted molar refractivity (Wildman–Crippen MR) is 79.2 cm³/mol. The monoisotopic (exact) mass is 374 g/mol. The fraction of sp³-hybridized carbons (Fsp3) is 0.562. The number of hydrogen-bond donors (Lipinski definition) is 1. The van der Waals surface area contributed by atoms with Gasteiger partial charge in [-0.05, 0) is 26.0 Å². The molecule has 1 aromatic rings. The molecule has 0 radical (unpaired) electrons. The van der Waals surface area contributed by atoms with Crippen LogP contribution in [-0.2, 0) is 19.1 Å². The summed E-state index contributed by atoms with van der Waals surface area (Å²) >= 11 is 0. The number of carbonyl (C=O) groups is 2. The lowest BCUT2D eigenvalue weighted by atomic mass is 9.70. The number of furan rings is 1. The van der Waals surface area contributed by atoms with E-state index in [2.05, 4.69) is 0 Å². The molecule has 0 aliphatic carbocycles. The lowest BCUT2D eigenvalue weighted by Gasteiger charge is -2.47. The molecule has 26 heavy (non-hydrogen) atoms. The van der Waals surface area contributed by atoms with E-state index in [-0.39, 0.29) is 12.4 Å². The number of amides is 1. The molecule has 1 fully saturated rings. The van der Waals surface area contributed by atoms with Crippen LogP contribution in [-0.4, -0.2) is 37.0 Å². The highest BCUT2D eigenvalue weighted by atomic mass is 19.4. The maximum absolute atomic E-state index is 14.0. The Hall–Kier alpha value is -2.54. The van der Waals surface area contributed by atoms with Crippen molar-refractivity contribution in [3.8, 4) is 6.07 Å².